The molecule has 0 radical (unpaired) electrons. The fraction of sp³-hybridized carbons (Fsp3) is 0.238. The molecule has 2 aliphatic carbocycles. The van der Waals surface area contributed by atoms with E-state index in [0.29, 0.717) is 28.9 Å². The SMILES string of the molecule is C=Cc1ccc(N2C(=O)[C@H]3[C@H](CC=C4[C@H]3C[C@H]3C(=O)N(Nc5ccc(C)cc5)C(=O)[C@@]3(c3ccccc3)[C@H]4c3ccc(OC)c(O)c3)C2=O)cc1. The van der Waals surface area contributed by atoms with Crippen LogP contribution in [0.25, 0.3) is 6.08 Å². The summed E-state index contributed by atoms with van der Waals surface area (Å²) in [5, 5.41) is 12.2. The molecule has 2 aliphatic heterocycles. The second-order valence-corrected chi connectivity index (χ2v) is 13.8. The topological polar surface area (TPSA) is 116 Å². The predicted molar refractivity (Wildman–Crippen MR) is 192 cm³/mol. The summed E-state index contributed by atoms with van der Waals surface area (Å²) >= 11 is 0. The molecule has 0 bridgehead atoms. The van der Waals surface area contributed by atoms with E-state index in [1.165, 1.54) is 12.0 Å². The van der Waals surface area contributed by atoms with Crippen molar-refractivity contribution in [2.75, 3.05) is 17.4 Å². The van der Waals surface area contributed by atoms with Crippen LogP contribution in [-0.2, 0) is 24.6 Å². The Kier molecular flexibility index (Phi) is 7.67. The maximum absolute atomic E-state index is 15.2. The van der Waals surface area contributed by atoms with Crippen molar-refractivity contribution in [3.63, 3.8) is 0 Å². The Morgan fingerprint density at radius 2 is 1.61 bits per heavy atom. The summed E-state index contributed by atoms with van der Waals surface area (Å²) in [6.07, 6.45) is 4.17. The van der Waals surface area contributed by atoms with Crippen molar-refractivity contribution in [3.05, 3.63) is 138 Å². The maximum Gasteiger partial charge on any atom is 0.260 e. The minimum Gasteiger partial charge on any atom is -0.504 e. The quantitative estimate of drug-likeness (QED) is 0.168. The number of allylic oxidation sites excluding steroid dienone is 2. The summed E-state index contributed by atoms with van der Waals surface area (Å²) in [6, 6.07) is 28.9. The Bertz CT molecular complexity index is 2130. The fourth-order valence-corrected chi connectivity index (χ4v) is 9.02. The molecule has 8 rings (SSSR count). The number of anilines is 2. The second kappa shape index (κ2) is 12.1. The van der Waals surface area contributed by atoms with Crippen LogP contribution in [0.4, 0.5) is 11.4 Å². The average Bonchev–Trinajstić information content (AvgIpc) is 3.53. The first kappa shape index (κ1) is 32.3. The Morgan fingerprint density at radius 3 is 2.27 bits per heavy atom. The lowest BCUT2D eigenvalue weighted by Gasteiger charge is -2.50. The fourth-order valence-electron chi connectivity index (χ4n) is 9.02. The zero-order valence-electron chi connectivity index (χ0n) is 28.3. The Balaban J connectivity index is 1.31. The highest BCUT2D eigenvalue weighted by atomic mass is 16.5. The number of benzene rings is 4. The molecule has 256 valence electrons. The zero-order valence-corrected chi connectivity index (χ0v) is 28.3. The third-order valence-corrected chi connectivity index (χ3v) is 11.3. The molecule has 9 nitrogen and oxygen atoms in total. The Hall–Kier alpha value is -5.96. The van der Waals surface area contributed by atoms with Gasteiger partial charge in [-0.25, -0.2) is 0 Å². The van der Waals surface area contributed by atoms with Crippen LogP contribution in [0, 0.1) is 30.6 Å². The van der Waals surface area contributed by atoms with Gasteiger partial charge in [-0.15, -0.1) is 0 Å². The third kappa shape index (κ3) is 4.75. The predicted octanol–water partition coefficient (Wildman–Crippen LogP) is 6.54. The largest absolute Gasteiger partial charge is 0.504 e. The third-order valence-electron chi connectivity index (χ3n) is 11.3. The number of aryl methyl sites for hydroxylation is 1. The molecule has 4 aliphatic rings. The average molecular weight is 680 g/mol. The maximum atomic E-state index is 15.2. The number of carbonyl (C=O) groups is 4. The normalized spacial score (nSPS) is 26.7. The number of hydrogen-bond donors (Lipinski definition) is 2. The van der Waals surface area contributed by atoms with Gasteiger partial charge in [0.1, 0.15) is 0 Å². The van der Waals surface area contributed by atoms with Crippen molar-refractivity contribution in [3.8, 4) is 11.5 Å². The highest BCUT2D eigenvalue weighted by Crippen LogP contribution is 2.64. The number of nitrogens with zero attached hydrogens (tertiary/aromatic N) is 2. The number of phenolic OH excluding ortho intramolecular Hbond substituents is 1. The van der Waals surface area contributed by atoms with E-state index >= 15 is 4.79 Å². The number of rotatable bonds is 7. The number of hydrazine groups is 1. The molecule has 0 unspecified atom stereocenters. The minimum atomic E-state index is -1.43. The molecular formula is C42H37N3O6. The van der Waals surface area contributed by atoms with Crippen LogP contribution in [0.2, 0.25) is 0 Å². The van der Waals surface area contributed by atoms with Gasteiger partial charge in [-0.05, 0) is 78.8 Å². The summed E-state index contributed by atoms with van der Waals surface area (Å²) in [6.45, 7) is 5.76. The number of amides is 4. The van der Waals surface area contributed by atoms with Gasteiger partial charge < -0.3 is 9.84 Å². The number of fused-ring (bicyclic) bond motifs is 4. The van der Waals surface area contributed by atoms with E-state index in [9.17, 15) is 19.5 Å². The smallest absolute Gasteiger partial charge is 0.260 e. The molecule has 1 saturated carbocycles. The van der Waals surface area contributed by atoms with Gasteiger partial charge in [-0.3, -0.25) is 29.5 Å². The number of aromatic hydroxyl groups is 1. The van der Waals surface area contributed by atoms with Gasteiger partial charge >= 0.3 is 0 Å². The van der Waals surface area contributed by atoms with Gasteiger partial charge in [-0.1, -0.05) is 90.5 Å². The molecule has 4 aromatic rings. The monoisotopic (exact) mass is 679 g/mol. The molecule has 9 heteroatoms. The molecule has 2 saturated heterocycles. The summed E-state index contributed by atoms with van der Waals surface area (Å²) < 4.78 is 5.37. The van der Waals surface area contributed by atoms with Crippen LogP contribution < -0.4 is 15.1 Å². The van der Waals surface area contributed by atoms with Gasteiger partial charge in [0.15, 0.2) is 11.5 Å². The number of hydrogen-bond acceptors (Lipinski definition) is 7. The highest BCUT2D eigenvalue weighted by Gasteiger charge is 2.70. The molecule has 2 heterocycles. The molecule has 2 N–H and O–H groups in total. The van der Waals surface area contributed by atoms with E-state index < -0.39 is 46.8 Å². The summed E-state index contributed by atoms with van der Waals surface area (Å²) in [5.41, 5.74) is 6.70. The van der Waals surface area contributed by atoms with Crippen molar-refractivity contribution < 1.29 is 29.0 Å². The van der Waals surface area contributed by atoms with Gasteiger partial charge in [0.25, 0.3) is 11.8 Å². The molecule has 0 spiro atoms. The van der Waals surface area contributed by atoms with Crippen molar-refractivity contribution >= 4 is 41.1 Å². The van der Waals surface area contributed by atoms with Crippen molar-refractivity contribution in [2.45, 2.75) is 31.1 Å². The first-order chi connectivity index (χ1) is 24.7. The van der Waals surface area contributed by atoms with Crippen LogP contribution in [-0.4, -0.2) is 40.9 Å². The summed E-state index contributed by atoms with van der Waals surface area (Å²) in [5.74, 6) is -4.82. The zero-order chi connectivity index (χ0) is 35.6. The molecule has 4 amide bonds. The minimum absolute atomic E-state index is 0.112. The van der Waals surface area contributed by atoms with E-state index in [4.69, 9.17) is 4.74 Å². The van der Waals surface area contributed by atoms with E-state index in [1.807, 2.05) is 85.8 Å². The number of nitrogens with one attached hydrogen (secondary N) is 1. The van der Waals surface area contributed by atoms with E-state index in [0.717, 1.165) is 21.7 Å². The number of phenols is 1. The highest BCUT2D eigenvalue weighted by molar-refractivity contribution is 6.22. The number of carbonyl (C=O) groups excluding carboxylic acids is 4. The number of ether oxygens (including phenoxy) is 1. The van der Waals surface area contributed by atoms with Crippen LogP contribution in [0.5, 0.6) is 11.5 Å². The number of methoxy groups -OCH3 is 1. The Labute approximate surface area is 295 Å². The molecule has 6 atom stereocenters. The molecule has 3 fully saturated rings. The molecule has 51 heavy (non-hydrogen) atoms. The van der Waals surface area contributed by atoms with Crippen molar-refractivity contribution in [1.29, 1.82) is 0 Å². The van der Waals surface area contributed by atoms with Crippen LogP contribution in [0.15, 0.2) is 115 Å². The summed E-state index contributed by atoms with van der Waals surface area (Å²) in [4.78, 5) is 59.8. The summed E-state index contributed by atoms with van der Waals surface area (Å²) in [7, 11) is 1.46. The van der Waals surface area contributed by atoms with Gasteiger partial charge in [0.05, 0.1) is 41.7 Å². The van der Waals surface area contributed by atoms with Gasteiger partial charge in [-0.2, -0.15) is 5.01 Å². The Morgan fingerprint density at radius 1 is 0.882 bits per heavy atom. The van der Waals surface area contributed by atoms with E-state index in [2.05, 4.69) is 12.0 Å². The van der Waals surface area contributed by atoms with Crippen LogP contribution >= 0.6 is 0 Å². The van der Waals surface area contributed by atoms with Crippen LogP contribution in [0.3, 0.4) is 0 Å². The molecular weight excluding hydrogens is 642 g/mol. The molecule has 0 aromatic heterocycles. The van der Waals surface area contributed by atoms with Gasteiger partial charge in [0.2, 0.25) is 11.8 Å². The first-order valence-corrected chi connectivity index (χ1v) is 17.1. The van der Waals surface area contributed by atoms with Gasteiger partial charge in [0, 0.05) is 5.92 Å². The number of imide groups is 2. The first-order valence-electron chi connectivity index (χ1n) is 17.1. The molecule has 4 aromatic carbocycles. The second-order valence-electron chi connectivity index (χ2n) is 13.8. The van der Waals surface area contributed by atoms with Crippen LogP contribution in [0.1, 0.15) is 41.0 Å². The standard InChI is InChI=1S/C42H37N3O6/c1-4-25-12-17-29(18-13-25)44-38(47)31-20-19-30-32(36(31)40(44)49)23-33-39(48)45(43-28-15-10-24(2)11-16-28)41(50)42(33,27-8-6-5-7-9-27)37(30)26-14-21-35(51-3)34(46)22-26/h4-19,21-22,31-33,36-37,43,46H,1,20,23H2,2-3H3/t31-,32+,33-,36-,37-,42+/m0/s1. The lowest BCUT2D eigenvalue weighted by Crippen LogP contribution is -2.53. The lowest BCUT2D eigenvalue weighted by atomic mass is 9.49. The van der Waals surface area contributed by atoms with Crippen molar-refractivity contribution in [1.82, 2.24) is 5.01 Å². The lowest BCUT2D eigenvalue weighted by molar-refractivity contribution is -0.138. The van der Waals surface area contributed by atoms with E-state index in [1.54, 1.807) is 30.3 Å². The van der Waals surface area contributed by atoms with Crippen molar-refractivity contribution in [2.24, 2.45) is 23.7 Å². The van der Waals surface area contributed by atoms with E-state index in [-0.39, 0.29) is 29.7 Å².